The van der Waals surface area contributed by atoms with Crippen molar-refractivity contribution in [2.24, 2.45) is 0 Å². The summed E-state index contributed by atoms with van der Waals surface area (Å²) >= 11 is 0. The number of phosphoric acid groups is 3. The molecule has 0 amide bonds. The van der Waals surface area contributed by atoms with Crippen LogP contribution in [0.1, 0.15) is 12.6 Å². The van der Waals surface area contributed by atoms with Gasteiger partial charge in [-0.2, -0.15) is 8.62 Å². The van der Waals surface area contributed by atoms with E-state index in [9.17, 15) is 33.3 Å². The number of aliphatic hydroxyl groups excluding tert-OH is 1. The zero-order valence-corrected chi connectivity index (χ0v) is 20.2. The Morgan fingerprint density at radius 3 is 2.09 bits per heavy atom. The largest absolute Gasteiger partial charge is 0.490 e. The van der Waals surface area contributed by atoms with Crippen molar-refractivity contribution in [1.82, 2.24) is 9.55 Å². The summed E-state index contributed by atoms with van der Waals surface area (Å²) in [7, 11) is -16.6. The van der Waals surface area contributed by atoms with Crippen molar-refractivity contribution in [3.63, 3.8) is 0 Å². The number of aromatic amines is 1. The van der Waals surface area contributed by atoms with Crippen LogP contribution in [0.25, 0.3) is 0 Å². The standard InChI is InChI=1S/C9H15N2O14P3.4Li/c12-5-3-8(11-2-1-7(13)10-9(11)14)23-6(5)4-22-27(18,19)25-28(20,21)24-26(15,16)17;;;;/h1-2,5-6,8,12H,3-4H2,(H,18,19)(H,20,21)(H,10,13,14)(H2,15,16,17);;;;/t5-,6+,8+;;;;/m0..../s1. The summed E-state index contributed by atoms with van der Waals surface area (Å²) in [6, 6.07) is 1.02. The van der Waals surface area contributed by atoms with Gasteiger partial charge in [-0.1, -0.05) is 0 Å². The van der Waals surface area contributed by atoms with Crippen LogP contribution in [0, 0.1) is 0 Å². The number of H-pyrrole nitrogens is 1. The molecule has 16 nitrogen and oxygen atoms in total. The molecule has 1 saturated heterocycles. The fourth-order valence-electron chi connectivity index (χ4n) is 2.16. The Hall–Kier alpha value is 1.40. The molecule has 6 N–H and O–H groups in total. The Labute approximate surface area is 227 Å². The smallest absolute Gasteiger partial charge is 0.390 e. The molecule has 0 spiro atoms. The predicted molar refractivity (Wildman–Crippen MR) is 109 cm³/mol. The molecule has 2 heterocycles. The number of aliphatic hydroxyl groups is 1. The van der Waals surface area contributed by atoms with Crippen LogP contribution in [0.2, 0.25) is 0 Å². The molecular weight excluding hydrogens is 481 g/mol. The minimum atomic E-state index is -5.67. The first kappa shape index (κ1) is 37.9. The van der Waals surface area contributed by atoms with Crippen LogP contribution in [-0.2, 0) is 31.6 Å². The molecule has 2 rings (SSSR count). The molecule has 1 aliphatic rings. The quantitative estimate of drug-likeness (QED) is 0.155. The first-order chi connectivity index (χ1) is 12.7. The van der Waals surface area contributed by atoms with Gasteiger partial charge in [0.05, 0.1) is 12.7 Å². The molecule has 2 unspecified atom stereocenters. The second-order valence-electron chi connectivity index (χ2n) is 5.34. The van der Waals surface area contributed by atoms with Gasteiger partial charge < -0.3 is 29.4 Å². The topological polar surface area (TPSA) is 244 Å². The fraction of sp³-hybridized carbons (Fsp3) is 0.556. The van der Waals surface area contributed by atoms with Gasteiger partial charge in [0.1, 0.15) is 12.3 Å². The van der Waals surface area contributed by atoms with E-state index in [1.807, 2.05) is 4.98 Å². The third-order valence-electron chi connectivity index (χ3n) is 3.18. The van der Waals surface area contributed by atoms with E-state index < -0.39 is 59.8 Å². The molecule has 1 aliphatic heterocycles. The number of ether oxygens (including phenoxy) is 1. The summed E-state index contributed by atoms with van der Waals surface area (Å²) in [4.78, 5) is 60.0. The number of nitrogens with one attached hydrogen (secondary N) is 1. The van der Waals surface area contributed by atoms with E-state index >= 15 is 0 Å². The Bertz CT molecular complexity index is 983. The van der Waals surface area contributed by atoms with Crippen LogP contribution < -0.4 is 11.2 Å². The van der Waals surface area contributed by atoms with Crippen molar-refractivity contribution < 1.29 is 56.3 Å². The number of rotatable bonds is 8. The van der Waals surface area contributed by atoms with Gasteiger partial charge in [-0.05, 0) is 0 Å². The predicted octanol–water partition coefficient (Wildman–Crippen LogP) is -2.99. The summed E-state index contributed by atoms with van der Waals surface area (Å²) < 4.78 is 51.0. The van der Waals surface area contributed by atoms with Crippen LogP contribution in [0.5, 0.6) is 0 Å². The Morgan fingerprint density at radius 1 is 1.03 bits per heavy atom. The van der Waals surface area contributed by atoms with Gasteiger partial charge >= 0.3 is 29.2 Å². The molecule has 1 aromatic heterocycles. The van der Waals surface area contributed by atoms with E-state index in [0.29, 0.717) is 0 Å². The van der Waals surface area contributed by atoms with Gasteiger partial charge in [0.25, 0.3) is 5.56 Å². The third-order valence-corrected chi connectivity index (χ3v) is 6.99. The summed E-state index contributed by atoms with van der Waals surface area (Å²) in [6.45, 7) is -0.876. The van der Waals surface area contributed by atoms with E-state index in [1.54, 1.807) is 0 Å². The summed E-state index contributed by atoms with van der Waals surface area (Å²) in [6.07, 6.45) is -2.74. The van der Waals surface area contributed by atoms with Crippen LogP contribution in [0.3, 0.4) is 0 Å². The fourth-order valence-corrected chi connectivity index (χ4v) is 5.19. The number of aromatic nitrogens is 2. The molecule has 0 aromatic carbocycles. The molecule has 1 aromatic rings. The van der Waals surface area contributed by atoms with Gasteiger partial charge in [0.2, 0.25) is 0 Å². The minimum absolute atomic E-state index is 0. The van der Waals surface area contributed by atoms with E-state index in [-0.39, 0.29) is 81.9 Å². The van der Waals surface area contributed by atoms with E-state index in [2.05, 4.69) is 13.1 Å². The maximum absolute atomic E-state index is 11.7. The monoisotopic (exact) mass is 496 g/mol. The van der Waals surface area contributed by atoms with Crippen LogP contribution in [0.4, 0.5) is 0 Å². The summed E-state index contributed by atoms with van der Waals surface area (Å²) in [5.74, 6) is 0. The van der Waals surface area contributed by atoms with Crippen LogP contribution in [-0.4, -0.2) is 128 Å². The van der Waals surface area contributed by atoms with Crippen molar-refractivity contribution in [3.05, 3.63) is 33.1 Å². The zero-order chi connectivity index (χ0) is 21.3. The van der Waals surface area contributed by atoms with Crippen LogP contribution >= 0.6 is 23.5 Å². The van der Waals surface area contributed by atoms with Crippen molar-refractivity contribution in [2.75, 3.05) is 6.61 Å². The first-order valence-electron chi connectivity index (χ1n) is 7.11. The molecule has 0 aliphatic carbocycles. The second kappa shape index (κ2) is 14.8. The number of nitrogens with zero attached hydrogens (tertiary/aromatic N) is 1. The Morgan fingerprint density at radius 2 is 1.59 bits per heavy atom. The zero-order valence-electron chi connectivity index (χ0n) is 17.5. The molecule has 0 saturated carbocycles. The molecule has 32 heavy (non-hydrogen) atoms. The maximum Gasteiger partial charge on any atom is 0.490 e. The van der Waals surface area contributed by atoms with Gasteiger partial charge in [-0.3, -0.25) is 18.9 Å². The molecule has 4 radical (unpaired) electrons. The SMILES string of the molecule is O=c1ccn([C@H]2C[C@H](O)[C@@H](COP(=O)(O)OP(=O)(O)OP(=O)(O)O)O2)c(=O)[nH]1.[Li].[Li].[Li].[Li]. The average molecular weight is 496 g/mol. The first-order valence-corrected chi connectivity index (χ1v) is 11.6. The third kappa shape index (κ3) is 12.4. The molecular formula is C9H15Li4N2O14P3. The van der Waals surface area contributed by atoms with Crippen molar-refractivity contribution in [3.8, 4) is 0 Å². The van der Waals surface area contributed by atoms with Crippen molar-refractivity contribution >= 4 is 98.9 Å². The van der Waals surface area contributed by atoms with E-state index in [1.165, 1.54) is 0 Å². The number of hydrogen-bond donors (Lipinski definition) is 6. The summed E-state index contributed by atoms with van der Waals surface area (Å²) in [5.41, 5.74) is -1.50. The molecule has 164 valence electrons. The number of phosphoric ester groups is 1. The normalized spacial score (nSPS) is 23.8. The Balaban J connectivity index is -0.00000210. The Kier molecular flexibility index (Phi) is 17.6. The van der Waals surface area contributed by atoms with Gasteiger partial charge in [-0.15, -0.1) is 0 Å². The number of hydrogen-bond acceptors (Lipinski definition) is 10. The minimum Gasteiger partial charge on any atom is -0.390 e. The average Bonchev–Trinajstić information content (AvgIpc) is 2.82. The molecule has 1 fully saturated rings. The second-order valence-corrected chi connectivity index (χ2v) is 9.76. The summed E-state index contributed by atoms with van der Waals surface area (Å²) in [5, 5.41) is 9.91. The molecule has 0 bridgehead atoms. The molecule has 23 heteroatoms. The van der Waals surface area contributed by atoms with Crippen LogP contribution in [0.15, 0.2) is 21.9 Å². The molecule has 5 atom stereocenters. The van der Waals surface area contributed by atoms with E-state index in [4.69, 9.17) is 19.4 Å². The van der Waals surface area contributed by atoms with Gasteiger partial charge in [0, 0.05) is 94.1 Å². The maximum atomic E-state index is 11.7. The van der Waals surface area contributed by atoms with Crippen molar-refractivity contribution in [1.29, 1.82) is 0 Å². The van der Waals surface area contributed by atoms with Gasteiger partial charge in [-0.25, -0.2) is 18.5 Å². The van der Waals surface area contributed by atoms with Gasteiger partial charge in [0.15, 0.2) is 0 Å². The van der Waals surface area contributed by atoms with E-state index in [0.717, 1.165) is 16.8 Å². The van der Waals surface area contributed by atoms with Crippen molar-refractivity contribution in [2.45, 2.75) is 24.9 Å².